The molecule has 1 heterocycles. The summed E-state index contributed by atoms with van der Waals surface area (Å²) >= 11 is 3.46. The van der Waals surface area contributed by atoms with Gasteiger partial charge in [0.15, 0.2) is 0 Å². The van der Waals surface area contributed by atoms with E-state index in [9.17, 15) is 4.79 Å². The van der Waals surface area contributed by atoms with Crippen LogP contribution in [0.25, 0.3) is 0 Å². The van der Waals surface area contributed by atoms with Crippen molar-refractivity contribution in [3.8, 4) is 0 Å². The van der Waals surface area contributed by atoms with Crippen molar-refractivity contribution in [3.63, 3.8) is 0 Å². The second-order valence-corrected chi connectivity index (χ2v) is 6.99. The van der Waals surface area contributed by atoms with Crippen LogP contribution in [-0.2, 0) is 4.79 Å². The van der Waals surface area contributed by atoms with E-state index in [-0.39, 0.29) is 23.9 Å². The van der Waals surface area contributed by atoms with Gasteiger partial charge in [-0.1, -0.05) is 28.1 Å². The van der Waals surface area contributed by atoms with Crippen LogP contribution < -0.4 is 11.5 Å². The summed E-state index contributed by atoms with van der Waals surface area (Å²) < 4.78 is 1.05. The Hall–Kier alpha value is -0.910. The molecule has 21 heavy (non-hydrogen) atoms. The van der Waals surface area contributed by atoms with Crippen LogP contribution in [0.1, 0.15) is 38.3 Å². The Morgan fingerprint density at radius 3 is 2.48 bits per heavy atom. The first-order chi connectivity index (χ1) is 9.90. The van der Waals surface area contributed by atoms with Crippen molar-refractivity contribution < 1.29 is 4.79 Å². The van der Waals surface area contributed by atoms with Gasteiger partial charge < -0.3 is 11.5 Å². The summed E-state index contributed by atoms with van der Waals surface area (Å²) in [7, 11) is 0. The summed E-state index contributed by atoms with van der Waals surface area (Å²) in [6, 6.07) is 8.75. The Bertz CT molecular complexity index is 489. The molecule has 1 aromatic rings. The van der Waals surface area contributed by atoms with Crippen LogP contribution in [0.5, 0.6) is 0 Å². The Kier molecular flexibility index (Phi) is 5.41. The number of carbonyl (C=O) groups excluding carboxylic acids is 1. The van der Waals surface area contributed by atoms with Crippen LogP contribution in [0.15, 0.2) is 28.7 Å². The molecular formula is C16H24BrN3O. The smallest absolute Gasteiger partial charge is 0.221 e. The Balaban J connectivity index is 2.27. The maximum Gasteiger partial charge on any atom is 0.221 e. The van der Waals surface area contributed by atoms with Crippen molar-refractivity contribution in [2.45, 2.75) is 44.8 Å². The van der Waals surface area contributed by atoms with Gasteiger partial charge in [0.25, 0.3) is 0 Å². The van der Waals surface area contributed by atoms with Crippen molar-refractivity contribution >= 4 is 21.8 Å². The van der Waals surface area contributed by atoms with Crippen LogP contribution >= 0.6 is 15.9 Å². The van der Waals surface area contributed by atoms with E-state index < -0.39 is 0 Å². The molecule has 0 aromatic heterocycles. The van der Waals surface area contributed by atoms with Crippen molar-refractivity contribution in [3.05, 3.63) is 34.3 Å². The average molecular weight is 354 g/mol. The molecule has 1 aliphatic rings. The van der Waals surface area contributed by atoms with E-state index in [0.29, 0.717) is 12.6 Å². The van der Waals surface area contributed by atoms with Gasteiger partial charge in [-0.05, 0) is 44.4 Å². The van der Waals surface area contributed by atoms with Crippen molar-refractivity contribution in [2.75, 3.05) is 6.54 Å². The topological polar surface area (TPSA) is 72.3 Å². The van der Waals surface area contributed by atoms with Gasteiger partial charge in [-0.15, -0.1) is 0 Å². The first kappa shape index (κ1) is 16.5. The SMILES string of the molecule is CC(N)C(c1ccc(Br)cc1)N1CC(C(N)=O)CCC1C. The first-order valence-electron chi connectivity index (χ1n) is 7.46. The fraction of sp³-hybridized carbons (Fsp3) is 0.562. The van der Waals surface area contributed by atoms with Gasteiger partial charge in [-0.2, -0.15) is 0 Å². The third-order valence-corrected chi connectivity index (χ3v) is 4.93. The highest BCUT2D eigenvalue weighted by atomic mass is 79.9. The number of benzene rings is 1. The largest absolute Gasteiger partial charge is 0.369 e. The predicted molar refractivity (Wildman–Crippen MR) is 88.6 cm³/mol. The van der Waals surface area contributed by atoms with Crippen LogP contribution in [0, 0.1) is 5.92 Å². The van der Waals surface area contributed by atoms with Crippen LogP contribution in [-0.4, -0.2) is 29.4 Å². The fourth-order valence-electron chi connectivity index (χ4n) is 3.21. The van der Waals surface area contributed by atoms with Gasteiger partial charge in [-0.3, -0.25) is 9.69 Å². The van der Waals surface area contributed by atoms with Gasteiger partial charge in [0.2, 0.25) is 5.91 Å². The standard InChI is InChI=1S/C16H24BrN3O/c1-10-3-4-13(16(19)21)9-20(10)15(11(2)18)12-5-7-14(17)8-6-12/h5-8,10-11,13,15H,3-4,9,18H2,1-2H3,(H2,19,21). The molecule has 0 bridgehead atoms. The fourth-order valence-corrected chi connectivity index (χ4v) is 3.48. The second kappa shape index (κ2) is 6.90. The lowest BCUT2D eigenvalue weighted by molar-refractivity contribution is -0.124. The molecule has 1 fully saturated rings. The molecule has 2 rings (SSSR count). The van der Waals surface area contributed by atoms with E-state index in [4.69, 9.17) is 11.5 Å². The summed E-state index contributed by atoms with van der Waals surface area (Å²) in [5, 5.41) is 0. The van der Waals surface area contributed by atoms with Gasteiger partial charge in [0.1, 0.15) is 0 Å². The lowest BCUT2D eigenvalue weighted by Gasteiger charge is -2.43. The lowest BCUT2D eigenvalue weighted by Crippen LogP contribution is -2.51. The monoisotopic (exact) mass is 353 g/mol. The number of piperidine rings is 1. The van der Waals surface area contributed by atoms with Crippen LogP contribution in [0.3, 0.4) is 0 Å². The third-order valence-electron chi connectivity index (χ3n) is 4.40. The summed E-state index contributed by atoms with van der Waals surface area (Å²) in [6.07, 6.45) is 1.85. The normalized spacial score (nSPS) is 26.3. The highest BCUT2D eigenvalue weighted by Gasteiger charge is 2.35. The summed E-state index contributed by atoms with van der Waals surface area (Å²) in [4.78, 5) is 13.9. The minimum atomic E-state index is -0.203. The minimum absolute atomic E-state index is 0.0137. The number of nitrogens with zero attached hydrogens (tertiary/aromatic N) is 1. The summed E-state index contributed by atoms with van der Waals surface area (Å²) in [5.41, 5.74) is 12.9. The molecule has 0 spiro atoms. The quantitative estimate of drug-likeness (QED) is 0.872. The van der Waals surface area contributed by atoms with Gasteiger partial charge in [-0.25, -0.2) is 0 Å². The molecule has 1 saturated heterocycles. The molecule has 5 heteroatoms. The van der Waals surface area contributed by atoms with E-state index in [1.165, 1.54) is 5.56 Å². The highest BCUT2D eigenvalue weighted by Crippen LogP contribution is 2.33. The Morgan fingerprint density at radius 2 is 1.95 bits per heavy atom. The number of primary amides is 1. The number of amides is 1. The highest BCUT2D eigenvalue weighted by molar-refractivity contribution is 9.10. The minimum Gasteiger partial charge on any atom is -0.369 e. The molecule has 4 nitrogen and oxygen atoms in total. The van der Waals surface area contributed by atoms with Crippen molar-refractivity contribution in [1.29, 1.82) is 0 Å². The van der Waals surface area contributed by atoms with E-state index >= 15 is 0 Å². The maximum atomic E-state index is 11.5. The van der Waals surface area contributed by atoms with Gasteiger partial charge in [0.05, 0.1) is 5.92 Å². The van der Waals surface area contributed by atoms with E-state index in [1.54, 1.807) is 0 Å². The van der Waals surface area contributed by atoms with Crippen LogP contribution in [0.4, 0.5) is 0 Å². The number of hydrogen-bond acceptors (Lipinski definition) is 3. The third kappa shape index (κ3) is 3.84. The molecule has 0 aliphatic carbocycles. The molecular weight excluding hydrogens is 330 g/mol. The zero-order chi connectivity index (χ0) is 15.6. The zero-order valence-electron chi connectivity index (χ0n) is 12.6. The molecule has 116 valence electrons. The zero-order valence-corrected chi connectivity index (χ0v) is 14.2. The first-order valence-corrected chi connectivity index (χ1v) is 8.25. The van der Waals surface area contributed by atoms with E-state index in [1.807, 2.05) is 19.1 Å². The molecule has 4 N–H and O–H groups in total. The number of halogens is 1. The van der Waals surface area contributed by atoms with E-state index in [0.717, 1.165) is 17.3 Å². The molecule has 1 amide bonds. The summed E-state index contributed by atoms with van der Waals surface area (Å²) in [6.45, 7) is 4.91. The number of likely N-dealkylation sites (tertiary alicyclic amines) is 1. The second-order valence-electron chi connectivity index (χ2n) is 6.08. The van der Waals surface area contributed by atoms with Crippen molar-refractivity contribution in [1.82, 2.24) is 4.90 Å². The molecule has 4 atom stereocenters. The molecule has 4 unspecified atom stereocenters. The number of rotatable bonds is 4. The molecule has 0 saturated carbocycles. The molecule has 0 radical (unpaired) electrons. The number of carbonyl (C=O) groups is 1. The van der Waals surface area contributed by atoms with Crippen LogP contribution in [0.2, 0.25) is 0 Å². The number of nitrogens with two attached hydrogens (primary N) is 2. The van der Waals surface area contributed by atoms with Gasteiger partial charge >= 0.3 is 0 Å². The Morgan fingerprint density at radius 1 is 1.33 bits per heavy atom. The lowest BCUT2D eigenvalue weighted by atomic mass is 9.88. The molecule has 1 aromatic carbocycles. The summed E-state index contributed by atoms with van der Waals surface area (Å²) in [5.74, 6) is -0.274. The predicted octanol–water partition coefficient (Wildman–Crippen LogP) is 2.42. The molecule has 1 aliphatic heterocycles. The maximum absolute atomic E-state index is 11.5. The van der Waals surface area contributed by atoms with Gasteiger partial charge in [0, 0.05) is 29.1 Å². The number of hydrogen-bond donors (Lipinski definition) is 2. The van der Waals surface area contributed by atoms with E-state index in [2.05, 4.69) is 39.9 Å². The average Bonchev–Trinajstić information content (AvgIpc) is 2.42. The van der Waals surface area contributed by atoms with Crippen molar-refractivity contribution in [2.24, 2.45) is 17.4 Å². The Labute approximate surface area is 135 Å².